The largest absolute Gasteiger partial charge is 0.369 e. The first kappa shape index (κ1) is 12.3. The molecule has 17 heavy (non-hydrogen) atoms. The number of hydrogen-bond donors (Lipinski definition) is 1. The van der Waals surface area contributed by atoms with Crippen LogP contribution in [0.3, 0.4) is 0 Å². The van der Waals surface area contributed by atoms with Crippen LogP contribution in [0.15, 0.2) is 24.5 Å². The molecule has 2 N–H and O–H groups in total. The van der Waals surface area contributed by atoms with Crippen molar-refractivity contribution in [3.8, 4) is 0 Å². The first-order valence-electron chi connectivity index (χ1n) is 6.37. The number of piperazine rings is 1. The standard InChI is InChI=1S/C13H22N4/c1-12(10-14)11-16-6-8-17(9-7-16)13-2-4-15-5-3-13/h2-5,12H,6-11,14H2,1H3. The van der Waals surface area contributed by atoms with E-state index in [0.29, 0.717) is 5.92 Å². The Labute approximate surface area is 103 Å². The van der Waals surface area contributed by atoms with Crippen molar-refractivity contribution in [1.29, 1.82) is 0 Å². The molecule has 0 saturated carbocycles. The summed E-state index contributed by atoms with van der Waals surface area (Å²) in [5.41, 5.74) is 6.95. The second kappa shape index (κ2) is 5.98. The number of hydrogen-bond acceptors (Lipinski definition) is 4. The molecule has 2 rings (SSSR count). The predicted molar refractivity (Wildman–Crippen MR) is 71.1 cm³/mol. The summed E-state index contributed by atoms with van der Waals surface area (Å²) in [6.45, 7) is 8.59. The molecule has 0 bridgehead atoms. The molecule has 1 aliphatic heterocycles. The van der Waals surface area contributed by atoms with E-state index in [2.05, 4.69) is 33.8 Å². The van der Waals surface area contributed by atoms with Crippen molar-refractivity contribution >= 4 is 5.69 Å². The SMILES string of the molecule is CC(CN)CN1CCN(c2ccncc2)CC1. The summed E-state index contributed by atoms with van der Waals surface area (Å²) in [7, 11) is 0. The zero-order valence-corrected chi connectivity index (χ0v) is 10.5. The zero-order chi connectivity index (χ0) is 12.1. The number of aromatic nitrogens is 1. The normalized spacial score (nSPS) is 19.3. The van der Waals surface area contributed by atoms with Crippen LogP contribution < -0.4 is 10.6 Å². The Morgan fingerprint density at radius 1 is 1.24 bits per heavy atom. The minimum absolute atomic E-state index is 0.600. The van der Waals surface area contributed by atoms with Crippen molar-refractivity contribution in [2.75, 3.05) is 44.2 Å². The van der Waals surface area contributed by atoms with E-state index < -0.39 is 0 Å². The molecule has 94 valence electrons. The third-order valence-electron chi connectivity index (χ3n) is 3.37. The van der Waals surface area contributed by atoms with Gasteiger partial charge >= 0.3 is 0 Å². The van der Waals surface area contributed by atoms with Crippen LogP contribution in [0.2, 0.25) is 0 Å². The maximum Gasteiger partial charge on any atom is 0.0397 e. The van der Waals surface area contributed by atoms with Crippen LogP contribution in [0.25, 0.3) is 0 Å². The molecule has 2 heterocycles. The average Bonchev–Trinajstić information content (AvgIpc) is 2.40. The van der Waals surface area contributed by atoms with Gasteiger partial charge in [0.25, 0.3) is 0 Å². The van der Waals surface area contributed by atoms with Gasteiger partial charge in [-0.3, -0.25) is 9.88 Å². The van der Waals surface area contributed by atoms with Gasteiger partial charge in [-0.15, -0.1) is 0 Å². The molecule has 1 fully saturated rings. The van der Waals surface area contributed by atoms with Gasteiger partial charge in [-0.25, -0.2) is 0 Å². The van der Waals surface area contributed by atoms with Gasteiger partial charge in [-0.05, 0) is 24.6 Å². The maximum atomic E-state index is 5.66. The molecule has 4 heteroatoms. The summed E-state index contributed by atoms with van der Waals surface area (Å²) in [6.07, 6.45) is 3.72. The Bertz CT molecular complexity index is 319. The van der Waals surface area contributed by atoms with Gasteiger partial charge in [0.15, 0.2) is 0 Å². The van der Waals surface area contributed by atoms with Crippen LogP contribution in [0.5, 0.6) is 0 Å². The number of rotatable bonds is 4. The molecular weight excluding hydrogens is 212 g/mol. The van der Waals surface area contributed by atoms with Crippen LogP contribution in [-0.2, 0) is 0 Å². The van der Waals surface area contributed by atoms with Gasteiger partial charge in [0.05, 0.1) is 0 Å². The molecule has 0 radical (unpaired) electrons. The Kier molecular flexibility index (Phi) is 4.34. The highest BCUT2D eigenvalue weighted by molar-refractivity contribution is 5.44. The second-order valence-electron chi connectivity index (χ2n) is 4.83. The quantitative estimate of drug-likeness (QED) is 0.837. The van der Waals surface area contributed by atoms with Crippen LogP contribution >= 0.6 is 0 Å². The van der Waals surface area contributed by atoms with Crippen molar-refractivity contribution in [3.05, 3.63) is 24.5 Å². The number of nitrogens with two attached hydrogens (primary N) is 1. The minimum atomic E-state index is 0.600. The first-order valence-corrected chi connectivity index (χ1v) is 6.37. The summed E-state index contributed by atoms with van der Waals surface area (Å²) in [6, 6.07) is 4.16. The van der Waals surface area contributed by atoms with Gasteiger partial charge in [0.2, 0.25) is 0 Å². The van der Waals surface area contributed by atoms with E-state index >= 15 is 0 Å². The van der Waals surface area contributed by atoms with Gasteiger partial charge < -0.3 is 10.6 Å². The lowest BCUT2D eigenvalue weighted by Crippen LogP contribution is -2.48. The van der Waals surface area contributed by atoms with E-state index in [4.69, 9.17) is 5.73 Å². The topological polar surface area (TPSA) is 45.4 Å². The fourth-order valence-electron chi connectivity index (χ4n) is 2.26. The molecular formula is C13H22N4. The van der Waals surface area contributed by atoms with E-state index in [1.165, 1.54) is 5.69 Å². The monoisotopic (exact) mass is 234 g/mol. The van der Waals surface area contributed by atoms with E-state index in [1.807, 2.05) is 12.4 Å². The fourth-order valence-corrected chi connectivity index (χ4v) is 2.26. The average molecular weight is 234 g/mol. The molecule has 1 aliphatic rings. The third-order valence-corrected chi connectivity index (χ3v) is 3.37. The van der Waals surface area contributed by atoms with Gasteiger partial charge in [-0.2, -0.15) is 0 Å². The van der Waals surface area contributed by atoms with Gasteiger partial charge in [0.1, 0.15) is 0 Å². The maximum absolute atomic E-state index is 5.66. The predicted octanol–water partition coefficient (Wildman–Crippen LogP) is 0.798. The number of nitrogens with zero attached hydrogens (tertiary/aromatic N) is 3. The summed E-state index contributed by atoms with van der Waals surface area (Å²) >= 11 is 0. The number of pyridine rings is 1. The van der Waals surface area contributed by atoms with Crippen LogP contribution in [0, 0.1) is 5.92 Å². The lowest BCUT2D eigenvalue weighted by atomic mass is 10.1. The van der Waals surface area contributed by atoms with E-state index in [1.54, 1.807) is 0 Å². The van der Waals surface area contributed by atoms with E-state index in [9.17, 15) is 0 Å². The lowest BCUT2D eigenvalue weighted by molar-refractivity contribution is 0.227. The highest BCUT2D eigenvalue weighted by Crippen LogP contribution is 2.15. The van der Waals surface area contributed by atoms with Crippen LogP contribution in [0.4, 0.5) is 5.69 Å². The molecule has 0 spiro atoms. The Morgan fingerprint density at radius 3 is 2.47 bits per heavy atom. The molecule has 0 aliphatic carbocycles. The van der Waals surface area contributed by atoms with Gasteiger partial charge in [-0.1, -0.05) is 6.92 Å². The molecule has 1 atom stereocenters. The Morgan fingerprint density at radius 2 is 1.88 bits per heavy atom. The van der Waals surface area contributed by atoms with Crippen LogP contribution in [-0.4, -0.2) is 49.2 Å². The molecule has 0 amide bonds. The minimum Gasteiger partial charge on any atom is -0.369 e. The molecule has 4 nitrogen and oxygen atoms in total. The highest BCUT2D eigenvalue weighted by atomic mass is 15.3. The summed E-state index contributed by atoms with van der Waals surface area (Å²) < 4.78 is 0. The molecule has 0 aromatic carbocycles. The van der Waals surface area contributed by atoms with Crippen LogP contribution in [0.1, 0.15) is 6.92 Å². The second-order valence-corrected chi connectivity index (χ2v) is 4.83. The van der Waals surface area contributed by atoms with Crippen molar-refractivity contribution in [2.24, 2.45) is 11.7 Å². The summed E-state index contributed by atoms with van der Waals surface area (Å²) in [5.74, 6) is 0.600. The molecule has 1 aromatic rings. The third kappa shape index (κ3) is 3.41. The van der Waals surface area contributed by atoms with Crippen molar-refractivity contribution in [3.63, 3.8) is 0 Å². The molecule has 1 aromatic heterocycles. The molecule has 1 unspecified atom stereocenters. The Balaban J connectivity index is 1.82. The van der Waals surface area contributed by atoms with Gasteiger partial charge in [0, 0.05) is 50.8 Å². The summed E-state index contributed by atoms with van der Waals surface area (Å²) in [4.78, 5) is 8.99. The lowest BCUT2D eigenvalue weighted by Gasteiger charge is -2.37. The smallest absolute Gasteiger partial charge is 0.0397 e. The first-order chi connectivity index (χ1) is 8.29. The fraction of sp³-hybridized carbons (Fsp3) is 0.615. The van der Waals surface area contributed by atoms with E-state index in [0.717, 1.165) is 39.3 Å². The molecule has 1 saturated heterocycles. The zero-order valence-electron chi connectivity index (χ0n) is 10.5. The van der Waals surface area contributed by atoms with E-state index in [-0.39, 0.29) is 0 Å². The van der Waals surface area contributed by atoms with Crippen molar-refractivity contribution in [1.82, 2.24) is 9.88 Å². The van der Waals surface area contributed by atoms with Crippen molar-refractivity contribution in [2.45, 2.75) is 6.92 Å². The Hall–Kier alpha value is -1.13. The summed E-state index contributed by atoms with van der Waals surface area (Å²) in [5, 5.41) is 0. The van der Waals surface area contributed by atoms with Crippen molar-refractivity contribution < 1.29 is 0 Å². The number of anilines is 1. The highest BCUT2D eigenvalue weighted by Gasteiger charge is 2.18.